The summed E-state index contributed by atoms with van der Waals surface area (Å²) in [6.07, 6.45) is 0.672. The van der Waals surface area contributed by atoms with Crippen molar-refractivity contribution in [3.63, 3.8) is 0 Å². The maximum absolute atomic E-state index is 12.3. The molecule has 138 valence electrons. The zero-order chi connectivity index (χ0) is 19.1. The number of aromatic nitrogens is 1. The molecule has 0 spiro atoms. The number of hydrogen-bond donors (Lipinski definition) is 1. The monoisotopic (exact) mass is 382 g/mol. The van der Waals surface area contributed by atoms with Crippen molar-refractivity contribution in [2.75, 3.05) is 18.5 Å². The molecule has 0 atom stereocenters. The van der Waals surface area contributed by atoms with Crippen molar-refractivity contribution in [3.8, 4) is 22.8 Å². The first-order valence-corrected chi connectivity index (χ1v) is 9.24. The normalized spacial score (nSPS) is 10.3. The molecule has 0 unspecified atom stereocenters. The second-order valence-electron chi connectivity index (χ2n) is 5.45. The Morgan fingerprint density at radius 3 is 2.41 bits per heavy atom. The molecule has 0 radical (unpaired) electrons. The summed E-state index contributed by atoms with van der Waals surface area (Å²) in [6, 6.07) is 14.2. The number of rotatable bonds is 8. The second kappa shape index (κ2) is 8.95. The van der Waals surface area contributed by atoms with Gasteiger partial charge in [-0.2, -0.15) is 0 Å². The van der Waals surface area contributed by atoms with Crippen LogP contribution in [0.2, 0.25) is 0 Å². The van der Waals surface area contributed by atoms with Crippen LogP contribution in [0, 0.1) is 0 Å². The molecule has 1 aromatic heterocycles. The van der Waals surface area contributed by atoms with Gasteiger partial charge in [0.1, 0.15) is 18.1 Å². The van der Waals surface area contributed by atoms with E-state index in [2.05, 4.69) is 10.3 Å². The van der Waals surface area contributed by atoms with E-state index in [-0.39, 0.29) is 12.5 Å². The van der Waals surface area contributed by atoms with Crippen LogP contribution in [-0.2, 0) is 4.79 Å². The van der Waals surface area contributed by atoms with Gasteiger partial charge in [-0.1, -0.05) is 0 Å². The minimum absolute atomic E-state index is 0.0149. The second-order valence-corrected chi connectivity index (χ2v) is 6.31. The molecule has 0 fully saturated rings. The number of carbonyl (C=O) groups excluding carboxylic acids is 2. The number of thiazole rings is 1. The average Bonchev–Trinajstić information content (AvgIpc) is 3.16. The highest BCUT2D eigenvalue weighted by Gasteiger charge is 2.10. The number of amides is 1. The lowest BCUT2D eigenvalue weighted by Gasteiger charge is -2.05. The number of hydrogen-bond acceptors (Lipinski definition) is 6. The van der Waals surface area contributed by atoms with Crippen LogP contribution >= 0.6 is 11.3 Å². The number of ether oxygens (including phenoxy) is 2. The standard InChI is InChI=1S/C20H18N2O4S/c1-2-25-16-7-3-14(4-8-16)18-13-27-20(21-18)22-19(24)15-5-9-17(10-6-15)26-12-11-23/h3-11,13H,2,12H2,1H3,(H,21,22,24). The van der Waals surface area contributed by atoms with Crippen molar-refractivity contribution in [3.05, 3.63) is 59.5 Å². The molecular weight excluding hydrogens is 364 g/mol. The van der Waals surface area contributed by atoms with Crippen LogP contribution in [0.15, 0.2) is 53.9 Å². The SMILES string of the molecule is CCOc1ccc(-c2csc(NC(=O)c3ccc(OCC=O)cc3)n2)cc1. The Morgan fingerprint density at radius 2 is 1.74 bits per heavy atom. The molecule has 3 aromatic rings. The summed E-state index contributed by atoms with van der Waals surface area (Å²) >= 11 is 1.36. The van der Waals surface area contributed by atoms with Gasteiger partial charge in [0.05, 0.1) is 12.3 Å². The number of aldehydes is 1. The van der Waals surface area contributed by atoms with Gasteiger partial charge in [0, 0.05) is 16.5 Å². The number of nitrogens with zero attached hydrogens (tertiary/aromatic N) is 1. The van der Waals surface area contributed by atoms with Gasteiger partial charge in [-0.3, -0.25) is 14.9 Å². The topological polar surface area (TPSA) is 77.5 Å². The lowest BCUT2D eigenvalue weighted by Crippen LogP contribution is -2.11. The van der Waals surface area contributed by atoms with Gasteiger partial charge in [0.25, 0.3) is 5.91 Å². The maximum Gasteiger partial charge on any atom is 0.257 e. The van der Waals surface area contributed by atoms with E-state index in [4.69, 9.17) is 9.47 Å². The first kappa shape index (κ1) is 18.6. The van der Waals surface area contributed by atoms with Gasteiger partial charge in [0.15, 0.2) is 11.4 Å². The molecule has 1 N–H and O–H groups in total. The van der Waals surface area contributed by atoms with Gasteiger partial charge in [-0.05, 0) is 55.5 Å². The number of anilines is 1. The van der Waals surface area contributed by atoms with Gasteiger partial charge in [-0.15, -0.1) is 11.3 Å². The molecular formula is C20H18N2O4S. The van der Waals surface area contributed by atoms with Gasteiger partial charge >= 0.3 is 0 Å². The first-order valence-electron chi connectivity index (χ1n) is 8.36. The summed E-state index contributed by atoms with van der Waals surface area (Å²) in [7, 11) is 0. The Kier molecular flexibility index (Phi) is 6.17. The van der Waals surface area contributed by atoms with Crippen LogP contribution < -0.4 is 14.8 Å². The summed E-state index contributed by atoms with van der Waals surface area (Å²) in [5.41, 5.74) is 2.22. The van der Waals surface area contributed by atoms with Gasteiger partial charge in [-0.25, -0.2) is 4.98 Å². The molecule has 0 saturated heterocycles. The molecule has 27 heavy (non-hydrogen) atoms. The van der Waals surface area contributed by atoms with Crippen LogP contribution in [0.1, 0.15) is 17.3 Å². The van der Waals surface area contributed by atoms with Crippen molar-refractivity contribution < 1.29 is 19.1 Å². The van der Waals surface area contributed by atoms with E-state index >= 15 is 0 Å². The maximum atomic E-state index is 12.3. The van der Waals surface area contributed by atoms with E-state index in [9.17, 15) is 9.59 Å². The van der Waals surface area contributed by atoms with Gasteiger partial charge < -0.3 is 9.47 Å². The van der Waals surface area contributed by atoms with Crippen molar-refractivity contribution in [1.29, 1.82) is 0 Å². The average molecular weight is 382 g/mol. The zero-order valence-electron chi connectivity index (χ0n) is 14.7. The summed E-state index contributed by atoms with van der Waals surface area (Å²) in [6.45, 7) is 2.55. The molecule has 3 rings (SSSR count). The van der Waals surface area contributed by atoms with E-state index in [1.54, 1.807) is 24.3 Å². The third kappa shape index (κ3) is 4.92. The molecule has 0 aliphatic heterocycles. The number of benzene rings is 2. The van der Waals surface area contributed by atoms with E-state index < -0.39 is 0 Å². The van der Waals surface area contributed by atoms with Crippen molar-refractivity contribution >= 4 is 28.7 Å². The lowest BCUT2D eigenvalue weighted by atomic mass is 10.2. The Bertz CT molecular complexity index is 904. The fourth-order valence-corrected chi connectivity index (χ4v) is 3.07. The quantitative estimate of drug-likeness (QED) is 0.595. The molecule has 1 amide bonds. The zero-order valence-corrected chi connectivity index (χ0v) is 15.5. The van der Waals surface area contributed by atoms with Crippen LogP contribution in [0.5, 0.6) is 11.5 Å². The van der Waals surface area contributed by atoms with Crippen LogP contribution in [0.25, 0.3) is 11.3 Å². The predicted molar refractivity (Wildman–Crippen MR) is 105 cm³/mol. The van der Waals surface area contributed by atoms with Crippen molar-refractivity contribution in [1.82, 2.24) is 4.98 Å². The summed E-state index contributed by atoms with van der Waals surface area (Å²) in [5, 5.41) is 5.20. The van der Waals surface area contributed by atoms with Crippen LogP contribution in [0.3, 0.4) is 0 Å². The third-order valence-corrected chi connectivity index (χ3v) is 4.38. The Labute approximate surface area is 160 Å². The largest absolute Gasteiger partial charge is 0.494 e. The van der Waals surface area contributed by atoms with Crippen LogP contribution in [-0.4, -0.2) is 30.4 Å². The van der Waals surface area contributed by atoms with E-state index in [0.717, 1.165) is 17.0 Å². The molecule has 1 heterocycles. The molecule has 2 aromatic carbocycles. The molecule has 7 heteroatoms. The van der Waals surface area contributed by atoms with E-state index in [1.807, 2.05) is 36.6 Å². The molecule has 0 aliphatic rings. The van der Waals surface area contributed by atoms with E-state index in [1.165, 1.54) is 11.3 Å². The minimum atomic E-state index is -0.260. The fourth-order valence-electron chi connectivity index (χ4n) is 2.35. The Morgan fingerprint density at radius 1 is 1.07 bits per heavy atom. The highest BCUT2D eigenvalue weighted by atomic mass is 32.1. The summed E-state index contributed by atoms with van der Waals surface area (Å²) in [4.78, 5) is 27.1. The fraction of sp³-hybridized carbons (Fsp3) is 0.150. The molecule has 0 aliphatic carbocycles. The molecule has 6 nitrogen and oxygen atoms in total. The predicted octanol–water partition coefficient (Wildman–Crippen LogP) is 4.04. The highest BCUT2D eigenvalue weighted by Crippen LogP contribution is 2.27. The van der Waals surface area contributed by atoms with Crippen LogP contribution in [0.4, 0.5) is 5.13 Å². The number of carbonyl (C=O) groups is 2. The Balaban J connectivity index is 1.64. The minimum Gasteiger partial charge on any atom is -0.494 e. The molecule has 0 saturated carbocycles. The summed E-state index contributed by atoms with van der Waals surface area (Å²) < 4.78 is 10.6. The first-order chi connectivity index (χ1) is 13.2. The van der Waals surface area contributed by atoms with Crippen molar-refractivity contribution in [2.24, 2.45) is 0 Å². The highest BCUT2D eigenvalue weighted by molar-refractivity contribution is 7.14. The summed E-state index contributed by atoms with van der Waals surface area (Å²) in [5.74, 6) is 1.08. The molecule has 0 bridgehead atoms. The Hall–Kier alpha value is -3.19. The lowest BCUT2D eigenvalue weighted by molar-refractivity contribution is -0.109. The smallest absolute Gasteiger partial charge is 0.257 e. The third-order valence-electron chi connectivity index (χ3n) is 3.62. The van der Waals surface area contributed by atoms with E-state index in [0.29, 0.717) is 29.3 Å². The van der Waals surface area contributed by atoms with Gasteiger partial charge in [0.2, 0.25) is 0 Å². The van der Waals surface area contributed by atoms with Crippen molar-refractivity contribution in [2.45, 2.75) is 6.92 Å². The number of nitrogens with one attached hydrogen (secondary N) is 1.